The molecule has 0 atom stereocenters. The van der Waals surface area contributed by atoms with Crippen LogP contribution in [0.2, 0.25) is 5.02 Å². The fourth-order valence-electron chi connectivity index (χ4n) is 2.05. The number of carboxylic acids is 1. The van der Waals surface area contributed by atoms with Crippen LogP contribution in [0.15, 0.2) is 47.4 Å². The van der Waals surface area contributed by atoms with E-state index in [0.29, 0.717) is 5.56 Å². The Morgan fingerprint density at radius 2 is 1.80 bits per heavy atom. The van der Waals surface area contributed by atoms with E-state index < -0.39 is 21.4 Å². The molecule has 0 aromatic heterocycles. The van der Waals surface area contributed by atoms with Crippen LogP contribution in [0.1, 0.15) is 25.0 Å². The molecule has 25 heavy (non-hydrogen) atoms. The molecule has 0 saturated heterocycles. The highest BCUT2D eigenvalue weighted by Gasteiger charge is 2.29. The molecule has 0 aliphatic rings. The molecular weight excluding hydrogens is 364 g/mol. The van der Waals surface area contributed by atoms with Gasteiger partial charge in [-0.3, -0.25) is 9.52 Å². The monoisotopic (exact) mass is 378 g/mol. The predicted molar refractivity (Wildman–Crippen MR) is 94.1 cm³/mol. The minimum Gasteiger partial charge on any atom is -0.481 e. The first-order valence-electron chi connectivity index (χ1n) is 7.14. The molecule has 0 spiro atoms. The number of carbonyl (C=O) groups is 1. The molecule has 2 N–H and O–H groups in total. The number of hydrogen-bond acceptors (Lipinski definition) is 4. The lowest BCUT2D eigenvalue weighted by molar-refractivity contribution is -0.142. The van der Waals surface area contributed by atoms with E-state index >= 15 is 0 Å². The maximum atomic E-state index is 12.4. The molecule has 6 nitrogen and oxygen atoms in total. The smallest absolute Gasteiger partial charge is 0.313 e. The first-order valence-corrected chi connectivity index (χ1v) is 9.00. The van der Waals surface area contributed by atoms with Gasteiger partial charge in [0.25, 0.3) is 10.0 Å². The SMILES string of the molecule is CC(C)(C(=O)O)c1ccc(NS(=O)(=O)c2ccc(C#N)c(Cl)c2)cc1. The summed E-state index contributed by atoms with van der Waals surface area (Å²) < 4.78 is 27.2. The summed E-state index contributed by atoms with van der Waals surface area (Å²) in [5.74, 6) is -0.979. The van der Waals surface area contributed by atoms with E-state index in [1.807, 2.05) is 6.07 Å². The Hall–Kier alpha value is -2.56. The number of nitriles is 1. The second-order valence-corrected chi connectivity index (χ2v) is 7.96. The molecule has 2 aromatic carbocycles. The predicted octanol–water partition coefficient (Wildman–Crippen LogP) is 3.37. The van der Waals surface area contributed by atoms with Crippen LogP contribution in [-0.4, -0.2) is 19.5 Å². The summed E-state index contributed by atoms with van der Waals surface area (Å²) in [5, 5.41) is 18.1. The Labute approximate surface area is 150 Å². The molecule has 0 heterocycles. The number of anilines is 1. The van der Waals surface area contributed by atoms with Gasteiger partial charge in [-0.25, -0.2) is 8.42 Å². The number of halogens is 1. The molecule has 0 saturated carbocycles. The van der Waals surface area contributed by atoms with Crippen molar-refractivity contribution in [2.75, 3.05) is 4.72 Å². The maximum absolute atomic E-state index is 12.4. The molecule has 0 radical (unpaired) electrons. The van der Waals surface area contributed by atoms with Crippen molar-refractivity contribution in [3.8, 4) is 6.07 Å². The lowest BCUT2D eigenvalue weighted by atomic mass is 9.85. The van der Waals surface area contributed by atoms with E-state index in [0.717, 1.165) is 0 Å². The highest BCUT2D eigenvalue weighted by molar-refractivity contribution is 7.92. The number of sulfonamides is 1. The standard InChI is InChI=1S/C17H15ClN2O4S/c1-17(2,16(21)22)12-4-6-13(7-5-12)20-25(23,24)14-8-3-11(10-19)15(18)9-14/h3-9,20H,1-2H3,(H,21,22). The molecular formula is C17H15ClN2O4S. The summed E-state index contributed by atoms with van der Waals surface area (Å²) in [5.41, 5.74) is -0.0754. The van der Waals surface area contributed by atoms with Gasteiger partial charge in [0.2, 0.25) is 0 Å². The molecule has 0 aliphatic heterocycles. The van der Waals surface area contributed by atoms with Gasteiger partial charge in [-0.05, 0) is 49.7 Å². The van der Waals surface area contributed by atoms with Gasteiger partial charge in [-0.1, -0.05) is 23.7 Å². The van der Waals surface area contributed by atoms with E-state index in [2.05, 4.69) is 4.72 Å². The van der Waals surface area contributed by atoms with Crippen LogP contribution >= 0.6 is 11.6 Å². The Bertz CT molecular complexity index is 961. The molecule has 2 rings (SSSR count). The topological polar surface area (TPSA) is 107 Å². The third-order valence-electron chi connectivity index (χ3n) is 3.76. The summed E-state index contributed by atoms with van der Waals surface area (Å²) in [6.45, 7) is 3.13. The fraction of sp³-hybridized carbons (Fsp3) is 0.176. The van der Waals surface area contributed by atoms with E-state index in [-0.39, 0.29) is 21.2 Å². The van der Waals surface area contributed by atoms with Crippen LogP contribution in [0, 0.1) is 11.3 Å². The molecule has 0 bridgehead atoms. The molecule has 0 unspecified atom stereocenters. The van der Waals surface area contributed by atoms with Gasteiger partial charge < -0.3 is 5.11 Å². The lowest BCUT2D eigenvalue weighted by Gasteiger charge is -2.20. The first-order chi connectivity index (χ1) is 11.6. The summed E-state index contributed by atoms with van der Waals surface area (Å²) in [6, 6.07) is 11.8. The zero-order valence-electron chi connectivity index (χ0n) is 13.4. The number of nitrogens with one attached hydrogen (secondary N) is 1. The fourth-order valence-corrected chi connectivity index (χ4v) is 3.42. The summed E-state index contributed by atoms with van der Waals surface area (Å²) in [4.78, 5) is 11.2. The van der Waals surface area contributed by atoms with Gasteiger partial charge >= 0.3 is 5.97 Å². The average Bonchev–Trinajstić information content (AvgIpc) is 2.54. The summed E-state index contributed by atoms with van der Waals surface area (Å²) in [6.07, 6.45) is 0. The van der Waals surface area contributed by atoms with Crippen molar-refractivity contribution in [1.82, 2.24) is 0 Å². The van der Waals surface area contributed by atoms with Crippen molar-refractivity contribution in [3.63, 3.8) is 0 Å². The molecule has 8 heteroatoms. The molecule has 2 aromatic rings. The van der Waals surface area contributed by atoms with Crippen LogP contribution < -0.4 is 4.72 Å². The minimum atomic E-state index is -3.89. The van der Waals surface area contributed by atoms with Crippen molar-refractivity contribution in [1.29, 1.82) is 5.26 Å². The van der Waals surface area contributed by atoms with Gasteiger partial charge in [0.1, 0.15) is 6.07 Å². The van der Waals surface area contributed by atoms with Crippen molar-refractivity contribution in [2.45, 2.75) is 24.2 Å². The quantitative estimate of drug-likeness (QED) is 0.829. The second-order valence-electron chi connectivity index (χ2n) is 5.87. The molecule has 0 amide bonds. The number of nitrogens with zero attached hydrogens (tertiary/aromatic N) is 1. The molecule has 0 aliphatic carbocycles. The second kappa shape index (κ2) is 6.75. The normalized spacial score (nSPS) is 11.6. The Balaban J connectivity index is 2.28. The molecule has 0 fully saturated rings. The number of rotatable bonds is 5. The average molecular weight is 379 g/mol. The Morgan fingerprint density at radius 3 is 2.28 bits per heavy atom. The zero-order valence-corrected chi connectivity index (χ0v) is 15.0. The summed E-state index contributed by atoms with van der Waals surface area (Å²) in [7, 11) is -3.89. The van der Waals surface area contributed by atoms with Crippen molar-refractivity contribution < 1.29 is 18.3 Å². The largest absolute Gasteiger partial charge is 0.481 e. The number of carboxylic acid groups (broad SMARTS) is 1. The number of benzene rings is 2. The highest BCUT2D eigenvalue weighted by Crippen LogP contribution is 2.26. The van der Waals surface area contributed by atoms with E-state index in [9.17, 15) is 18.3 Å². The number of hydrogen-bond donors (Lipinski definition) is 2. The third-order valence-corrected chi connectivity index (χ3v) is 5.46. The van der Waals surface area contributed by atoms with Crippen LogP contribution in [0.3, 0.4) is 0 Å². The van der Waals surface area contributed by atoms with Crippen LogP contribution in [0.5, 0.6) is 0 Å². The van der Waals surface area contributed by atoms with E-state index in [1.165, 1.54) is 30.3 Å². The van der Waals surface area contributed by atoms with Gasteiger partial charge in [0.15, 0.2) is 0 Å². The van der Waals surface area contributed by atoms with Crippen molar-refractivity contribution in [2.24, 2.45) is 0 Å². The first kappa shape index (κ1) is 18.8. The van der Waals surface area contributed by atoms with Crippen LogP contribution in [0.4, 0.5) is 5.69 Å². The van der Waals surface area contributed by atoms with Gasteiger partial charge in [0, 0.05) is 5.69 Å². The Kier molecular flexibility index (Phi) is 5.07. The van der Waals surface area contributed by atoms with Gasteiger partial charge in [-0.2, -0.15) is 5.26 Å². The minimum absolute atomic E-state index is 0.0453. The zero-order chi connectivity index (χ0) is 18.8. The van der Waals surface area contributed by atoms with Crippen molar-refractivity contribution >= 4 is 33.3 Å². The van der Waals surface area contributed by atoms with Crippen LogP contribution in [0.25, 0.3) is 0 Å². The van der Waals surface area contributed by atoms with E-state index in [1.54, 1.807) is 26.0 Å². The maximum Gasteiger partial charge on any atom is 0.313 e. The number of aliphatic carboxylic acids is 1. The van der Waals surface area contributed by atoms with Crippen LogP contribution in [-0.2, 0) is 20.2 Å². The van der Waals surface area contributed by atoms with E-state index in [4.69, 9.17) is 16.9 Å². The molecule has 130 valence electrons. The Morgan fingerprint density at radius 1 is 1.20 bits per heavy atom. The lowest BCUT2D eigenvalue weighted by Crippen LogP contribution is -2.28. The van der Waals surface area contributed by atoms with Gasteiger partial charge in [-0.15, -0.1) is 0 Å². The van der Waals surface area contributed by atoms with Crippen molar-refractivity contribution in [3.05, 3.63) is 58.6 Å². The highest BCUT2D eigenvalue weighted by atomic mass is 35.5. The van der Waals surface area contributed by atoms with Gasteiger partial charge in [0.05, 0.1) is 20.9 Å². The summed E-state index contributed by atoms with van der Waals surface area (Å²) >= 11 is 5.87. The third kappa shape index (κ3) is 3.92.